The molecule has 0 amide bonds. The van der Waals surface area contributed by atoms with Gasteiger partial charge in [-0.2, -0.15) is 0 Å². The zero-order chi connectivity index (χ0) is 15.6. The van der Waals surface area contributed by atoms with Crippen molar-refractivity contribution < 1.29 is 0 Å². The highest BCUT2D eigenvalue weighted by atomic mass is 15.1. The minimum absolute atomic E-state index is 0.551. The van der Waals surface area contributed by atoms with E-state index in [2.05, 4.69) is 37.9 Å². The Morgan fingerprint density at radius 1 is 1.00 bits per heavy atom. The van der Waals surface area contributed by atoms with Crippen molar-refractivity contribution >= 4 is 0 Å². The second-order valence-electron chi connectivity index (χ2n) is 7.25. The van der Waals surface area contributed by atoms with Crippen LogP contribution in [0.15, 0.2) is 0 Å². The highest BCUT2D eigenvalue weighted by Gasteiger charge is 2.33. The van der Waals surface area contributed by atoms with Gasteiger partial charge in [-0.25, -0.2) is 0 Å². The summed E-state index contributed by atoms with van der Waals surface area (Å²) >= 11 is 0. The maximum absolute atomic E-state index is 3.73. The van der Waals surface area contributed by atoms with Crippen LogP contribution < -0.4 is 5.32 Å². The normalized spacial score (nSPS) is 18.6. The molecule has 0 atom stereocenters. The van der Waals surface area contributed by atoms with Crippen molar-refractivity contribution in [3.8, 4) is 0 Å². The largest absolute Gasteiger partial charge is 0.316 e. The lowest BCUT2D eigenvalue weighted by Crippen LogP contribution is -2.46. The first-order valence-corrected chi connectivity index (χ1v) is 9.62. The summed E-state index contributed by atoms with van der Waals surface area (Å²) in [4.78, 5) is 2.75. The number of nitrogens with zero attached hydrogens (tertiary/aromatic N) is 1. The van der Waals surface area contributed by atoms with Crippen molar-refractivity contribution in [3.63, 3.8) is 0 Å². The van der Waals surface area contributed by atoms with Crippen molar-refractivity contribution in [1.82, 2.24) is 10.2 Å². The molecule has 1 aliphatic carbocycles. The van der Waals surface area contributed by atoms with Crippen LogP contribution in [0.1, 0.15) is 79.1 Å². The Hall–Kier alpha value is -0.0800. The first-order chi connectivity index (χ1) is 10.2. The Bertz CT molecular complexity index is 242. The van der Waals surface area contributed by atoms with Crippen LogP contribution in [0.4, 0.5) is 0 Å². The third-order valence-electron chi connectivity index (χ3n) is 5.52. The van der Waals surface area contributed by atoms with Crippen LogP contribution in [0.2, 0.25) is 0 Å². The van der Waals surface area contributed by atoms with Gasteiger partial charge < -0.3 is 10.2 Å². The molecule has 2 nitrogen and oxygen atoms in total. The summed E-state index contributed by atoms with van der Waals surface area (Å²) in [7, 11) is 0. The molecule has 1 fully saturated rings. The highest BCUT2D eigenvalue weighted by Crippen LogP contribution is 2.36. The standard InChI is InChI=1S/C19H40N2/c1-5-14-20-16-19(12-10-9-11-13-19)17-21(8-4)15-18(6-2)7-3/h18,20H,5-17H2,1-4H3. The van der Waals surface area contributed by atoms with Gasteiger partial charge in [0, 0.05) is 19.6 Å². The second-order valence-corrected chi connectivity index (χ2v) is 7.25. The maximum Gasteiger partial charge on any atom is 0.00501 e. The van der Waals surface area contributed by atoms with Gasteiger partial charge in [-0.1, -0.05) is 59.8 Å². The van der Waals surface area contributed by atoms with Crippen LogP contribution >= 0.6 is 0 Å². The van der Waals surface area contributed by atoms with Crippen LogP contribution in [-0.4, -0.2) is 37.6 Å². The fourth-order valence-corrected chi connectivity index (χ4v) is 3.91. The lowest BCUT2D eigenvalue weighted by Gasteiger charge is -2.42. The monoisotopic (exact) mass is 296 g/mol. The molecule has 21 heavy (non-hydrogen) atoms. The molecular formula is C19H40N2. The maximum atomic E-state index is 3.73. The molecule has 0 saturated heterocycles. The molecule has 126 valence electrons. The lowest BCUT2D eigenvalue weighted by molar-refractivity contribution is 0.0937. The summed E-state index contributed by atoms with van der Waals surface area (Å²) in [6.07, 6.45) is 11.1. The Morgan fingerprint density at radius 2 is 1.67 bits per heavy atom. The third-order valence-corrected chi connectivity index (χ3v) is 5.52. The van der Waals surface area contributed by atoms with Crippen molar-refractivity contribution in [2.75, 3.05) is 32.7 Å². The molecule has 0 aromatic carbocycles. The van der Waals surface area contributed by atoms with Crippen LogP contribution in [0.3, 0.4) is 0 Å². The summed E-state index contributed by atoms with van der Waals surface area (Å²) in [6.45, 7) is 15.6. The van der Waals surface area contributed by atoms with Crippen molar-refractivity contribution in [2.24, 2.45) is 11.3 Å². The number of hydrogen-bond donors (Lipinski definition) is 1. The zero-order valence-corrected chi connectivity index (χ0v) is 15.2. The summed E-state index contributed by atoms with van der Waals surface area (Å²) < 4.78 is 0. The molecule has 0 spiro atoms. The Kier molecular flexibility index (Phi) is 9.59. The molecular weight excluding hydrogens is 256 g/mol. The number of rotatable bonds is 11. The van der Waals surface area contributed by atoms with Gasteiger partial charge in [0.1, 0.15) is 0 Å². The SMILES string of the molecule is CCCNCC1(CN(CC)CC(CC)CC)CCCCC1. The van der Waals surface area contributed by atoms with E-state index in [4.69, 9.17) is 0 Å². The van der Waals surface area contributed by atoms with E-state index in [0.717, 1.165) is 5.92 Å². The fourth-order valence-electron chi connectivity index (χ4n) is 3.91. The van der Waals surface area contributed by atoms with Gasteiger partial charge in [-0.3, -0.25) is 0 Å². The van der Waals surface area contributed by atoms with Crippen LogP contribution in [-0.2, 0) is 0 Å². The lowest BCUT2D eigenvalue weighted by atomic mass is 9.73. The molecule has 0 aromatic rings. The Morgan fingerprint density at radius 3 is 2.19 bits per heavy atom. The van der Waals surface area contributed by atoms with Gasteiger partial charge in [0.2, 0.25) is 0 Å². The van der Waals surface area contributed by atoms with E-state index in [1.165, 1.54) is 84.1 Å². The van der Waals surface area contributed by atoms with Crippen LogP contribution in [0, 0.1) is 11.3 Å². The first kappa shape index (κ1) is 19.0. The quantitative estimate of drug-likeness (QED) is 0.556. The summed E-state index contributed by atoms with van der Waals surface area (Å²) in [5.74, 6) is 0.884. The van der Waals surface area contributed by atoms with Gasteiger partial charge in [-0.05, 0) is 43.7 Å². The first-order valence-electron chi connectivity index (χ1n) is 9.62. The number of nitrogens with one attached hydrogen (secondary N) is 1. The molecule has 0 aliphatic heterocycles. The van der Waals surface area contributed by atoms with E-state index in [0.29, 0.717) is 5.41 Å². The van der Waals surface area contributed by atoms with E-state index >= 15 is 0 Å². The molecule has 0 radical (unpaired) electrons. The smallest absolute Gasteiger partial charge is 0.00501 e. The zero-order valence-electron chi connectivity index (χ0n) is 15.2. The molecule has 2 heteroatoms. The summed E-state index contributed by atoms with van der Waals surface area (Å²) in [5.41, 5.74) is 0.551. The molecule has 1 N–H and O–H groups in total. The average Bonchev–Trinajstić information content (AvgIpc) is 2.52. The fraction of sp³-hybridized carbons (Fsp3) is 1.00. The minimum atomic E-state index is 0.551. The third kappa shape index (κ3) is 6.69. The van der Waals surface area contributed by atoms with E-state index < -0.39 is 0 Å². The van der Waals surface area contributed by atoms with Crippen molar-refractivity contribution in [2.45, 2.75) is 79.1 Å². The molecule has 1 saturated carbocycles. The van der Waals surface area contributed by atoms with Gasteiger partial charge in [0.05, 0.1) is 0 Å². The predicted molar refractivity (Wildman–Crippen MR) is 94.9 cm³/mol. The summed E-state index contributed by atoms with van der Waals surface area (Å²) in [5, 5.41) is 3.73. The van der Waals surface area contributed by atoms with Crippen LogP contribution in [0.25, 0.3) is 0 Å². The average molecular weight is 297 g/mol. The number of hydrogen-bond acceptors (Lipinski definition) is 2. The second kappa shape index (κ2) is 10.6. The van der Waals surface area contributed by atoms with E-state index in [-0.39, 0.29) is 0 Å². The van der Waals surface area contributed by atoms with Crippen molar-refractivity contribution in [3.05, 3.63) is 0 Å². The van der Waals surface area contributed by atoms with Gasteiger partial charge in [-0.15, -0.1) is 0 Å². The molecule has 0 unspecified atom stereocenters. The molecule has 0 heterocycles. The van der Waals surface area contributed by atoms with Gasteiger partial charge in [0.15, 0.2) is 0 Å². The van der Waals surface area contributed by atoms with E-state index in [1.54, 1.807) is 0 Å². The minimum Gasteiger partial charge on any atom is -0.316 e. The molecule has 0 bridgehead atoms. The van der Waals surface area contributed by atoms with E-state index in [1.807, 2.05) is 0 Å². The molecule has 1 rings (SSSR count). The topological polar surface area (TPSA) is 15.3 Å². The summed E-state index contributed by atoms with van der Waals surface area (Å²) in [6, 6.07) is 0. The van der Waals surface area contributed by atoms with Crippen LogP contribution in [0.5, 0.6) is 0 Å². The Labute approximate surface area is 134 Å². The predicted octanol–water partition coefficient (Wildman–Crippen LogP) is 4.69. The van der Waals surface area contributed by atoms with Gasteiger partial charge >= 0.3 is 0 Å². The van der Waals surface area contributed by atoms with E-state index in [9.17, 15) is 0 Å². The Balaban J connectivity index is 2.59. The molecule has 0 aromatic heterocycles. The molecule has 1 aliphatic rings. The van der Waals surface area contributed by atoms with Crippen molar-refractivity contribution in [1.29, 1.82) is 0 Å². The highest BCUT2D eigenvalue weighted by molar-refractivity contribution is 4.88. The van der Waals surface area contributed by atoms with Gasteiger partial charge in [0.25, 0.3) is 0 Å².